The number of rotatable bonds is 7. The molecule has 6 aromatic rings. The van der Waals surface area contributed by atoms with Crippen molar-refractivity contribution < 1.29 is 4.42 Å². The first-order chi connectivity index (χ1) is 31.2. The van der Waals surface area contributed by atoms with Gasteiger partial charge in [0.2, 0.25) is 0 Å². The molecule has 1 aromatic heterocycles. The summed E-state index contributed by atoms with van der Waals surface area (Å²) in [5, 5.41) is 6.39. The Balaban J connectivity index is 1.04. The first-order valence-corrected chi connectivity index (χ1v) is 23.7. The molecule has 1 saturated carbocycles. The Bertz CT molecular complexity index is 2850. The van der Waals surface area contributed by atoms with E-state index in [0.717, 1.165) is 54.1 Å². The second kappa shape index (κ2) is 16.2. The number of hydrogen-bond donors (Lipinski definition) is 1. The first kappa shape index (κ1) is 38.5. The van der Waals surface area contributed by atoms with Gasteiger partial charge in [-0.1, -0.05) is 165 Å². The minimum atomic E-state index is -0.320. The monoisotopic (exact) mass is 824 g/mol. The highest BCUT2D eigenvalue weighted by atomic mass is 16.3. The standard InChI is InChI=1S/C58H56N4O/c1-37-34-52(62-51-28-16-14-26-44(51)46-32-33-47-45-27-15-17-29-53(45)63-55(47)54(46)62)50(58-60-56(40-22-10-4-11-23-40)59-57(61-58)41-24-12-5-13-25-41)36-48(37)49-35-42(38-18-6-2-7-19-38)30-31-43(49)39-20-8-3-9-21-39/h2-13,15,17-24,27-29,32-34,37,41-44,48-50,56H,14,16,25-26,30-31,35-36H2,1H3,(H,59,60,61). The van der Waals surface area contributed by atoms with Crippen LogP contribution in [0.1, 0.15) is 104 Å². The molecule has 0 bridgehead atoms. The van der Waals surface area contributed by atoms with Gasteiger partial charge in [-0.2, -0.15) is 0 Å². The van der Waals surface area contributed by atoms with Gasteiger partial charge in [0.15, 0.2) is 11.7 Å². The lowest BCUT2D eigenvalue weighted by Crippen LogP contribution is -2.48. The third-order valence-corrected chi connectivity index (χ3v) is 15.5. The van der Waals surface area contributed by atoms with Gasteiger partial charge in [0.1, 0.15) is 17.3 Å². The summed E-state index contributed by atoms with van der Waals surface area (Å²) in [5.41, 5.74) is 11.4. The van der Waals surface area contributed by atoms with Crippen molar-refractivity contribution in [3.8, 4) is 0 Å². The van der Waals surface area contributed by atoms with Crippen molar-refractivity contribution in [3.05, 3.63) is 197 Å². The number of anilines is 1. The predicted octanol–water partition coefficient (Wildman–Crippen LogP) is 14.3. The van der Waals surface area contributed by atoms with Crippen molar-refractivity contribution in [2.75, 3.05) is 4.90 Å². The minimum Gasteiger partial charge on any atom is -0.454 e. The SMILES string of the molecule is CC1C=C(N2C3=CCCCC3c3ccc4c(oc5ccccc54)c32)C(C2=NC(c3ccccc3)N=C(C3C=CC=CC3)N2)CC1C1CC(c2ccccc2)CCC1c1ccccc1. The molecular weight excluding hydrogens is 769 g/mol. The van der Waals surface area contributed by atoms with Crippen LogP contribution in [0.4, 0.5) is 5.69 Å². The van der Waals surface area contributed by atoms with Crippen LogP contribution in [0.3, 0.4) is 0 Å². The van der Waals surface area contributed by atoms with Crippen molar-refractivity contribution in [2.45, 2.75) is 82.2 Å². The fourth-order valence-electron chi connectivity index (χ4n) is 12.5. The minimum absolute atomic E-state index is 0.00797. The number of benzene rings is 5. The predicted molar refractivity (Wildman–Crippen MR) is 259 cm³/mol. The molecule has 2 aliphatic heterocycles. The summed E-state index contributed by atoms with van der Waals surface area (Å²) in [6, 6.07) is 46.9. The van der Waals surface area contributed by atoms with Gasteiger partial charge >= 0.3 is 0 Å². The molecule has 0 amide bonds. The van der Waals surface area contributed by atoms with E-state index in [1.807, 2.05) is 0 Å². The molecule has 1 fully saturated rings. The normalized spacial score (nSPS) is 29.0. The van der Waals surface area contributed by atoms with E-state index in [0.29, 0.717) is 35.5 Å². The molecule has 0 saturated heterocycles. The van der Waals surface area contributed by atoms with Crippen LogP contribution in [0.25, 0.3) is 21.9 Å². The van der Waals surface area contributed by atoms with Crippen molar-refractivity contribution in [1.82, 2.24) is 5.32 Å². The highest BCUT2D eigenvalue weighted by molar-refractivity contribution is 6.11. The number of nitrogens with one attached hydrogen (secondary N) is 1. The van der Waals surface area contributed by atoms with Gasteiger partial charge in [-0.25, -0.2) is 9.98 Å². The van der Waals surface area contributed by atoms with E-state index in [2.05, 4.69) is 181 Å². The van der Waals surface area contributed by atoms with Crippen LogP contribution in [-0.4, -0.2) is 11.7 Å². The fourth-order valence-corrected chi connectivity index (χ4v) is 12.5. The largest absolute Gasteiger partial charge is 0.454 e. The summed E-state index contributed by atoms with van der Waals surface area (Å²) in [5.74, 6) is 4.91. The number of furan rings is 1. The summed E-state index contributed by atoms with van der Waals surface area (Å²) in [7, 11) is 0. The van der Waals surface area contributed by atoms with Gasteiger partial charge in [0.05, 0.1) is 11.6 Å². The Morgan fingerprint density at radius 3 is 2.19 bits per heavy atom. The highest BCUT2D eigenvalue weighted by Gasteiger charge is 2.48. The lowest BCUT2D eigenvalue weighted by Gasteiger charge is -2.47. The average molecular weight is 825 g/mol. The van der Waals surface area contributed by atoms with Crippen LogP contribution in [0.2, 0.25) is 0 Å². The summed E-state index contributed by atoms with van der Waals surface area (Å²) in [6.45, 7) is 2.52. The molecule has 0 radical (unpaired) electrons. The van der Waals surface area contributed by atoms with Crippen LogP contribution in [0.5, 0.6) is 0 Å². The quantitative estimate of drug-likeness (QED) is 0.174. The zero-order valence-electron chi connectivity index (χ0n) is 36.2. The third-order valence-electron chi connectivity index (χ3n) is 15.5. The van der Waals surface area contributed by atoms with Crippen LogP contribution in [0.15, 0.2) is 190 Å². The van der Waals surface area contributed by atoms with E-state index in [9.17, 15) is 0 Å². The van der Waals surface area contributed by atoms with Crippen LogP contribution < -0.4 is 10.2 Å². The maximum atomic E-state index is 6.96. The Morgan fingerprint density at radius 1 is 0.651 bits per heavy atom. The van der Waals surface area contributed by atoms with Crippen molar-refractivity contribution in [3.63, 3.8) is 0 Å². The molecule has 9 unspecified atom stereocenters. The molecule has 3 heterocycles. The topological polar surface area (TPSA) is 53.1 Å². The van der Waals surface area contributed by atoms with Gasteiger partial charge in [0, 0.05) is 34.0 Å². The van der Waals surface area contributed by atoms with E-state index >= 15 is 0 Å². The molecule has 5 heteroatoms. The number of fused-ring (bicyclic) bond motifs is 7. The third kappa shape index (κ3) is 6.83. The lowest BCUT2D eigenvalue weighted by atomic mass is 9.59. The Hall–Kier alpha value is -6.20. The summed E-state index contributed by atoms with van der Waals surface area (Å²) < 4.78 is 6.96. The Morgan fingerprint density at radius 2 is 1.40 bits per heavy atom. The number of nitrogens with zero attached hydrogens (tertiary/aromatic N) is 3. The second-order valence-electron chi connectivity index (χ2n) is 19.0. The summed E-state index contributed by atoms with van der Waals surface area (Å²) in [6.07, 6.45) is 22.8. The molecule has 0 spiro atoms. The molecule has 5 nitrogen and oxygen atoms in total. The summed E-state index contributed by atoms with van der Waals surface area (Å²) >= 11 is 0. The molecule has 9 atom stereocenters. The first-order valence-electron chi connectivity index (χ1n) is 23.7. The molecule has 4 aliphatic carbocycles. The van der Waals surface area contributed by atoms with Gasteiger partial charge in [0.25, 0.3) is 0 Å². The maximum Gasteiger partial charge on any atom is 0.169 e. The Kier molecular flexibility index (Phi) is 9.87. The molecular formula is C58H56N4O. The second-order valence-corrected chi connectivity index (χ2v) is 19.0. The van der Waals surface area contributed by atoms with E-state index in [1.54, 1.807) is 0 Å². The zero-order chi connectivity index (χ0) is 41.9. The van der Waals surface area contributed by atoms with Crippen molar-refractivity contribution in [2.24, 2.45) is 39.6 Å². The zero-order valence-corrected chi connectivity index (χ0v) is 36.2. The van der Waals surface area contributed by atoms with E-state index in [1.165, 1.54) is 70.2 Å². The average Bonchev–Trinajstić information content (AvgIpc) is 3.91. The van der Waals surface area contributed by atoms with Gasteiger partial charge < -0.3 is 14.6 Å². The number of allylic oxidation sites excluding steroid dienone is 6. The molecule has 63 heavy (non-hydrogen) atoms. The Labute approximate surface area is 371 Å². The summed E-state index contributed by atoms with van der Waals surface area (Å²) in [4.78, 5) is 13.8. The molecule has 314 valence electrons. The van der Waals surface area contributed by atoms with Crippen molar-refractivity contribution in [1.29, 1.82) is 0 Å². The lowest BCUT2D eigenvalue weighted by molar-refractivity contribution is 0.143. The van der Waals surface area contributed by atoms with Gasteiger partial charge in [-0.05, 0) is 109 Å². The molecule has 12 rings (SSSR count). The highest BCUT2D eigenvalue weighted by Crippen LogP contribution is 2.58. The molecule has 6 aliphatic rings. The van der Waals surface area contributed by atoms with Gasteiger partial charge in [-0.3, -0.25) is 0 Å². The van der Waals surface area contributed by atoms with Crippen LogP contribution in [-0.2, 0) is 0 Å². The van der Waals surface area contributed by atoms with E-state index in [-0.39, 0.29) is 18.0 Å². The van der Waals surface area contributed by atoms with Crippen LogP contribution >= 0.6 is 0 Å². The maximum absolute atomic E-state index is 6.96. The van der Waals surface area contributed by atoms with E-state index in [4.69, 9.17) is 14.4 Å². The smallest absolute Gasteiger partial charge is 0.169 e. The number of para-hydroxylation sites is 1. The molecule has 1 N–H and O–H groups in total. The number of hydrogen-bond acceptors (Lipinski definition) is 5. The number of amidine groups is 2. The van der Waals surface area contributed by atoms with Gasteiger partial charge in [-0.15, -0.1) is 0 Å². The van der Waals surface area contributed by atoms with Crippen molar-refractivity contribution >= 4 is 39.3 Å². The number of aliphatic imine (C=N–C) groups is 2. The van der Waals surface area contributed by atoms with E-state index < -0.39 is 0 Å². The van der Waals surface area contributed by atoms with Crippen LogP contribution in [0, 0.1) is 29.6 Å². The fraction of sp³-hybridized carbons (Fsp3) is 0.310. The molecule has 5 aromatic carbocycles.